The first-order valence-corrected chi connectivity index (χ1v) is 5.82. The Bertz CT molecular complexity index is 611. The van der Waals surface area contributed by atoms with E-state index in [1.807, 2.05) is 30.4 Å². The maximum absolute atomic E-state index is 9.65. The number of benzene rings is 2. The fraction of sp³-hybridized carbons (Fsp3) is 0. The van der Waals surface area contributed by atoms with Crippen molar-refractivity contribution in [2.75, 3.05) is 5.73 Å². The molecule has 0 amide bonds. The SMILES string of the molecule is Nc1cc2c(cc1O)/C=C\c1ccccc1C=C2. The number of fused-ring (bicyclic) bond motifs is 2. The highest BCUT2D eigenvalue weighted by Gasteiger charge is 2.06. The van der Waals surface area contributed by atoms with E-state index in [0.29, 0.717) is 5.69 Å². The number of nitrogen functional groups attached to an aromatic ring is 1. The molecule has 2 heteroatoms. The molecule has 88 valence electrons. The Morgan fingerprint density at radius 2 is 1.22 bits per heavy atom. The first kappa shape index (κ1) is 10.7. The number of hydrogen-bond acceptors (Lipinski definition) is 2. The first-order valence-electron chi connectivity index (χ1n) is 5.82. The second kappa shape index (κ2) is 4.08. The maximum atomic E-state index is 9.65. The van der Waals surface area contributed by atoms with Gasteiger partial charge in [-0.25, -0.2) is 0 Å². The number of aromatic hydroxyl groups is 1. The largest absolute Gasteiger partial charge is 0.506 e. The quantitative estimate of drug-likeness (QED) is 0.461. The number of anilines is 1. The fourth-order valence-electron chi connectivity index (χ4n) is 2.10. The smallest absolute Gasteiger partial charge is 0.139 e. The summed E-state index contributed by atoms with van der Waals surface area (Å²) in [7, 11) is 0. The maximum Gasteiger partial charge on any atom is 0.139 e. The van der Waals surface area contributed by atoms with Gasteiger partial charge in [0.05, 0.1) is 5.69 Å². The molecule has 1 aliphatic carbocycles. The molecule has 0 saturated heterocycles. The lowest BCUT2D eigenvalue weighted by atomic mass is 9.98. The Kier molecular flexibility index (Phi) is 2.41. The van der Waals surface area contributed by atoms with E-state index in [1.54, 1.807) is 12.1 Å². The van der Waals surface area contributed by atoms with Crippen molar-refractivity contribution in [1.82, 2.24) is 0 Å². The average Bonchev–Trinajstić information content (AvgIpc) is 2.36. The zero-order chi connectivity index (χ0) is 12.5. The standard InChI is InChI=1S/C16H13NO/c17-15-9-13-7-5-11-3-1-2-4-12(11)6-8-14(13)10-16(15)18/h1-10,18H,17H2/b7-5?,8-6-,11-5?,12-6?,13-7?,14-8?. The van der Waals surface area contributed by atoms with E-state index < -0.39 is 0 Å². The van der Waals surface area contributed by atoms with Gasteiger partial charge in [-0.3, -0.25) is 0 Å². The second-order valence-electron chi connectivity index (χ2n) is 4.34. The van der Waals surface area contributed by atoms with Gasteiger partial charge in [-0.2, -0.15) is 0 Å². The number of rotatable bonds is 0. The van der Waals surface area contributed by atoms with Crippen LogP contribution in [0.1, 0.15) is 22.3 Å². The molecule has 2 aromatic rings. The summed E-state index contributed by atoms with van der Waals surface area (Å²) >= 11 is 0. The van der Waals surface area contributed by atoms with E-state index in [9.17, 15) is 5.11 Å². The van der Waals surface area contributed by atoms with Gasteiger partial charge in [0.15, 0.2) is 0 Å². The Morgan fingerprint density at radius 1 is 0.722 bits per heavy atom. The van der Waals surface area contributed by atoms with Gasteiger partial charge in [0.25, 0.3) is 0 Å². The molecule has 3 N–H and O–H groups in total. The lowest BCUT2D eigenvalue weighted by Crippen LogP contribution is -1.91. The molecule has 0 heterocycles. The van der Waals surface area contributed by atoms with Crippen molar-refractivity contribution in [1.29, 1.82) is 0 Å². The Balaban J connectivity index is 2.18. The molecule has 3 rings (SSSR count). The molecule has 18 heavy (non-hydrogen) atoms. The van der Waals surface area contributed by atoms with Gasteiger partial charge in [-0.05, 0) is 34.4 Å². The summed E-state index contributed by atoms with van der Waals surface area (Å²) < 4.78 is 0. The van der Waals surface area contributed by atoms with Crippen molar-refractivity contribution < 1.29 is 5.11 Å². The summed E-state index contributed by atoms with van der Waals surface area (Å²) in [4.78, 5) is 0. The molecule has 0 unspecified atom stereocenters. The summed E-state index contributed by atoms with van der Waals surface area (Å²) in [6.45, 7) is 0. The zero-order valence-corrected chi connectivity index (χ0v) is 9.80. The van der Waals surface area contributed by atoms with Crippen LogP contribution in [0.4, 0.5) is 5.69 Å². The lowest BCUT2D eigenvalue weighted by Gasteiger charge is -2.09. The first-order chi connectivity index (χ1) is 8.74. The molecular formula is C16H13NO. The van der Waals surface area contributed by atoms with Crippen LogP contribution >= 0.6 is 0 Å². The number of phenols is 1. The van der Waals surface area contributed by atoms with Crippen molar-refractivity contribution in [3.8, 4) is 5.75 Å². The van der Waals surface area contributed by atoms with Crippen molar-refractivity contribution in [2.24, 2.45) is 0 Å². The number of phenolic OH excluding ortho intramolecular Hbond substituents is 1. The van der Waals surface area contributed by atoms with Gasteiger partial charge in [0.2, 0.25) is 0 Å². The lowest BCUT2D eigenvalue weighted by molar-refractivity contribution is 0.478. The van der Waals surface area contributed by atoms with Gasteiger partial charge in [0, 0.05) is 0 Å². The summed E-state index contributed by atoms with van der Waals surface area (Å²) in [6, 6.07) is 11.7. The van der Waals surface area contributed by atoms with Crippen LogP contribution in [0.3, 0.4) is 0 Å². The van der Waals surface area contributed by atoms with Gasteiger partial charge in [0.1, 0.15) is 5.75 Å². The fourth-order valence-corrected chi connectivity index (χ4v) is 2.10. The predicted octanol–water partition coefficient (Wildman–Crippen LogP) is 3.63. The molecule has 0 aliphatic heterocycles. The molecule has 2 nitrogen and oxygen atoms in total. The van der Waals surface area contributed by atoms with Crippen molar-refractivity contribution in [3.63, 3.8) is 0 Å². The van der Waals surface area contributed by atoms with Crippen LogP contribution in [0.5, 0.6) is 5.75 Å². The van der Waals surface area contributed by atoms with E-state index in [2.05, 4.69) is 18.2 Å². The van der Waals surface area contributed by atoms with Crippen LogP contribution in [-0.2, 0) is 0 Å². The third kappa shape index (κ3) is 1.78. The van der Waals surface area contributed by atoms with Crippen LogP contribution in [0.15, 0.2) is 36.4 Å². The Labute approximate surface area is 106 Å². The Morgan fingerprint density at radius 3 is 1.83 bits per heavy atom. The number of hydrogen-bond donors (Lipinski definition) is 2. The molecule has 0 radical (unpaired) electrons. The minimum absolute atomic E-state index is 0.126. The third-order valence-electron chi connectivity index (χ3n) is 3.11. The molecule has 2 aromatic carbocycles. The van der Waals surface area contributed by atoms with E-state index in [4.69, 9.17) is 5.73 Å². The summed E-state index contributed by atoms with van der Waals surface area (Å²) in [6.07, 6.45) is 8.13. The van der Waals surface area contributed by atoms with Crippen molar-refractivity contribution >= 4 is 30.0 Å². The average molecular weight is 235 g/mol. The third-order valence-corrected chi connectivity index (χ3v) is 3.11. The molecule has 0 bridgehead atoms. The highest BCUT2D eigenvalue weighted by molar-refractivity contribution is 5.87. The van der Waals surface area contributed by atoms with Crippen molar-refractivity contribution in [3.05, 3.63) is 58.7 Å². The van der Waals surface area contributed by atoms with E-state index in [-0.39, 0.29) is 5.75 Å². The molecular weight excluding hydrogens is 222 g/mol. The van der Waals surface area contributed by atoms with Crippen LogP contribution in [0.25, 0.3) is 24.3 Å². The van der Waals surface area contributed by atoms with Crippen LogP contribution in [-0.4, -0.2) is 5.11 Å². The summed E-state index contributed by atoms with van der Waals surface area (Å²) in [5.41, 5.74) is 10.4. The van der Waals surface area contributed by atoms with Crippen LogP contribution in [0.2, 0.25) is 0 Å². The van der Waals surface area contributed by atoms with Gasteiger partial charge >= 0.3 is 0 Å². The summed E-state index contributed by atoms with van der Waals surface area (Å²) in [5, 5.41) is 9.65. The molecule has 0 atom stereocenters. The highest BCUT2D eigenvalue weighted by atomic mass is 16.3. The van der Waals surface area contributed by atoms with Gasteiger partial charge in [-0.1, -0.05) is 48.6 Å². The number of nitrogens with two attached hydrogens (primary N) is 1. The van der Waals surface area contributed by atoms with E-state index in [1.165, 1.54) is 5.56 Å². The van der Waals surface area contributed by atoms with Gasteiger partial charge < -0.3 is 10.8 Å². The molecule has 0 spiro atoms. The molecule has 0 aromatic heterocycles. The monoisotopic (exact) mass is 235 g/mol. The predicted molar refractivity (Wildman–Crippen MR) is 76.8 cm³/mol. The Hall–Kier alpha value is -2.48. The normalized spacial score (nSPS) is 14.2. The van der Waals surface area contributed by atoms with Crippen molar-refractivity contribution in [2.45, 2.75) is 0 Å². The minimum Gasteiger partial charge on any atom is -0.506 e. The second-order valence-corrected chi connectivity index (χ2v) is 4.34. The molecule has 1 aliphatic rings. The minimum atomic E-state index is 0.126. The molecule has 0 fully saturated rings. The van der Waals surface area contributed by atoms with E-state index in [0.717, 1.165) is 16.7 Å². The van der Waals surface area contributed by atoms with E-state index >= 15 is 0 Å². The summed E-state index contributed by atoms with van der Waals surface area (Å²) in [5.74, 6) is 0.126. The molecule has 0 saturated carbocycles. The van der Waals surface area contributed by atoms with Crippen LogP contribution in [0, 0.1) is 0 Å². The zero-order valence-electron chi connectivity index (χ0n) is 9.80. The topological polar surface area (TPSA) is 46.2 Å². The van der Waals surface area contributed by atoms with Gasteiger partial charge in [-0.15, -0.1) is 0 Å². The van der Waals surface area contributed by atoms with Crippen LogP contribution < -0.4 is 5.73 Å². The highest BCUT2D eigenvalue weighted by Crippen LogP contribution is 2.29.